The number of carbonyl (C=O) groups excluding carboxylic acids is 2. The first kappa shape index (κ1) is 21.3. The quantitative estimate of drug-likeness (QED) is 0.632. The molecule has 0 fully saturated rings. The maximum Gasteiger partial charge on any atom is 0.239 e. The van der Waals surface area contributed by atoms with Crippen molar-refractivity contribution in [3.63, 3.8) is 0 Å². The van der Waals surface area contributed by atoms with Crippen molar-refractivity contribution in [2.75, 3.05) is 30.8 Å². The highest BCUT2D eigenvalue weighted by molar-refractivity contribution is 5.95. The molecule has 0 saturated heterocycles. The van der Waals surface area contributed by atoms with Crippen LogP contribution in [-0.2, 0) is 9.59 Å². The molecule has 0 unspecified atom stereocenters. The third-order valence-electron chi connectivity index (χ3n) is 4.81. The largest absolute Gasteiger partial charge is 0.325 e. The van der Waals surface area contributed by atoms with Crippen molar-refractivity contribution in [2.24, 2.45) is 0 Å². The number of nitrogens with zero attached hydrogens (tertiary/aromatic N) is 3. The molecule has 7 heteroatoms. The van der Waals surface area contributed by atoms with Crippen LogP contribution in [0.15, 0.2) is 54.6 Å². The van der Waals surface area contributed by atoms with E-state index in [-0.39, 0.29) is 24.9 Å². The van der Waals surface area contributed by atoms with E-state index in [9.17, 15) is 9.59 Å². The zero-order valence-corrected chi connectivity index (χ0v) is 17.8. The zero-order chi connectivity index (χ0) is 21.7. The summed E-state index contributed by atoms with van der Waals surface area (Å²) < 4.78 is 1.69. The van der Waals surface area contributed by atoms with Gasteiger partial charge in [0, 0.05) is 11.8 Å². The zero-order valence-electron chi connectivity index (χ0n) is 17.8. The Hall–Kier alpha value is -3.45. The Morgan fingerprint density at radius 1 is 0.933 bits per heavy atom. The van der Waals surface area contributed by atoms with Gasteiger partial charge in [-0.25, -0.2) is 4.68 Å². The first-order valence-corrected chi connectivity index (χ1v) is 9.80. The molecule has 2 N–H and O–H groups in total. The second-order valence-electron chi connectivity index (χ2n) is 7.43. The van der Waals surface area contributed by atoms with Crippen LogP contribution in [0.5, 0.6) is 0 Å². The summed E-state index contributed by atoms with van der Waals surface area (Å²) in [5, 5.41) is 10.2. The minimum absolute atomic E-state index is 0.0826. The van der Waals surface area contributed by atoms with E-state index in [4.69, 9.17) is 0 Å². The highest BCUT2D eigenvalue weighted by Crippen LogP contribution is 2.18. The Balaban J connectivity index is 1.58. The SMILES string of the molecule is Cc1cc(NC(=O)CN(C)CC(=O)Nc2cccc(C)c2C)n(-c2ccccc2)n1. The van der Waals surface area contributed by atoms with Crippen LogP contribution in [0, 0.1) is 20.8 Å². The monoisotopic (exact) mass is 405 g/mol. The molecule has 0 aliphatic carbocycles. The van der Waals surface area contributed by atoms with Gasteiger partial charge in [0.1, 0.15) is 5.82 Å². The Kier molecular flexibility index (Phi) is 6.64. The molecule has 30 heavy (non-hydrogen) atoms. The minimum atomic E-state index is -0.214. The van der Waals surface area contributed by atoms with E-state index in [2.05, 4.69) is 15.7 Å². The van der Waals surface area contributed by atoms with Gasteiger partial charge in [-0.2, -0.15) is 5.10 Å². The molecule has 0 radical (unpaired) electrons. The third kappa shape index (κ3) is 5.33. The van der Waals surface area contributed by atoms with Gasteiger partial charge >= 0.3 is 0 Å². The average molecular weight is 406 g/mol. The summed E-state index contributed by atoms with van der Waals surface area (Å²) in [5.41, 5.74) is 4.61. The van der Waals surface area contributed by atoms with E-state index < -0.39 is 0 Å². The number of para-hydroxylation sites is 1. The van der Waals surface area contributed by atoms with Crippen molar-refractivity contribution in [3.8, 4) is 5.69 Å². The summed E-state index contributed by atoms with van der Waals surface area (Å²) in [5.74, 6) is 0.218. The fourth-order valence-corrected chi connectivity index (χ4v) is 3.16. The lowest BCUT2D eigenvalue weighted by Crippen LogP contribution is -2.36. The number of hydrogen-bond acceptors (Lipinski definition) is 4. The molecule has 156 valence electrons. The maximum absolute atomic E-state index is 12.5. The number of aryl methyl sites for hydroxylation is 2. The highest BCUT2D eigenvalue weighted by atomic mass is 16.2. The van der Waals surface area contributed by atoms with Gasteiger partial charge in [0.15, 0.2) is 0 Å². The van der Waals surface area contributed by atoms with Gasteiger partial charge in [0.05, 0.1) is 24.5 Å². The molecule has 1 aromatic heterocycles. The van der Waals surface area contributed by atoms with Crippen LogP contribution in [0.3, 0.4) is 0 Å². The molecule has 0 bridgehead atoms. The lowest BCUT2D eigenvalue weighted by Gasteiger charge is -2.17. The van der Waals surface area contributed by atoms with Gasteiger partial charge in [0.25, 0.3) is 0 Å². The molecule has 0 atom stereocenters. The fourth-order valence-electron chi connectivity index (χ4n) is 3.16. The summed E-state index contributed by atoms with van der Waals surface area (Å²) in [7, 11) is 1.74. The number of rotatable bonds is 7. The summed E-state index contributed by atoms with van der Waals surface area (Å²) in [6.07, 6.45) is 0. The second kappa shape index (κ2) is 9.37. The molecule has 0 aliphatic heterocycles. The molecule has 2 amide bonds. The van der Waals surface area contributed by atoms with Gasteiger partial charge in [-0.05, 0) is 57.1 Å². The maximum atomic E-state index is 12.5. The molecule has 0 spiro atoms. The van der Waals surface area contributed by atoms with E-state index in [0.29, 0.717) is 5.82 Å². The van der Waals surface area contributed by atoms with Gasteiger partial charge in [0.2, 0.25) is 11.8 Å². The summed E-state index contributed by atoms with van der Waals surface area (Å²) in [4.78, 5) is 26.6. The van der Waals surface area contributed by atoms with Crippen LogP contribution in [-0.4, -0.2) is 46.6 Å². The average Bonchev–Trinajstić information content (AvgIpc) is 3.05. The molecule has 1 heterocycles. The van der Waals surface area contributed by atoms with Crippen LogP contribution in [0.25, 0.3) is 5.69 Å². The minimum Gasteiger partial charge on any atom is -0.325 e. The van der Waals surface area contributed by atoms with Crippen LogP contribution >= 0.6 is 0 Å². The Morgan fingerprint density at radius 3 is 2.30 bits per heavy atom. The number of aromatic nitrogens is 2. The Morgan fingerprint density at radius 2 is 1.60 bits per heavy atom. The lowest BCUT2D eigenvalue weighted by atomic mass is 10.1. The van der Waals surface area contributed by atoms with Crippen molar-refractivity contribution in [2.45, 2.75) is 20.8 Å². The van der Waals surface area contributed by atoms with Crippen LogP contribution in [0.4, 0.5) is 11.5 Å². The van der Waals surface area contributed by atoms with Crippen LogP contribution in [0.1, 0.15) is 16.8 Å². The number of hydrogen-bond donors (Lipinski definition) is 2. The van der Waals surface area contributed by atoms with Crippen LogP contribution in [0.2, 0.25) is 0 Å². The summed E-state index contributed by atoms with van der Waals surface area (Å²) >= 11 is 0. The number of anilines is 2. The van der Waals surface area contributed by atoms with Crippen LogP contribution < -0.4 is 10.6 Å². The van der Waals surface area contributed by atoms with E-state index in [1.807, 2.05) is 75.4 Å². The molecule has 2 aromatic carbocycles. The molecular weight excluding hydrogens is 378 g/mol. The van der Waals surface area contributed by atoms with Crippen molar-refractivity contribution < 1.29 is 9.59 Å². The normalized spacial score (nSPS) is 10.8. The van der Waals surface area contributed by atoms with Crippen molar-refractivity contribution in [1.29, 1.82) is 0 Å². The fraction of sp³-hybridized carbons (Fsp3) is 0.261. The van der Waals surface area contributed by atoms with Gasteiger partial charge in [-0.15, -0.1) is 0 Å². The van der Waals surface area contributed by atoms with Gasteiger partial charge in [-0.1, -0.05) is 30.3 Å². The number of amides is 2. The molecular formula is C23H27N5O2. The Labute approximate surface area is 176 Å². The van der Waals surface area contributed by atoms with Crippen molar-refractivity contribution in [1.82, 2.24) is 14.7 Å². The lowest BCUT2D eigenvalue weighted by molar-refractivity contribution is -0.119. The summed E-state index contributed by atoms with van der Waals surface area (Å²) in [6, 6.07) is 17.2. The van der Waals surface area contributed by atoms with Gasteiger partial charge in [-0.3, -0.25) is 14.5 Å². The Bertz CT molecular complexity index is 1040. The van der Waals surface area contributed by atoms with Crippen molar-refractivity contribution in [3.05, 3.63) is 71.4 Å². The standard InChI is InChI=1S/C23H27N5O2/c1-16-9-8-12-20(18(16)3)24-22(29)14-27(4)15-23(30)25-21-13-17(2)26-28(21)19-10-6-5-7-11-19/h5-13H,14-15H2,1-4H3,(H,24,29)(H,25,30). The van der Waals surface area contributed by atoms with Crippen molar-refractivity contribution >= 4 is 23.3 Å². The predicted molar refractivity (Wildman–Crippen MR) is 119 cm³/mol. The first-order valence-electron chi connectivity index (χ1n) is 9.80. The number of benzene rings is 2. The van der Waals surface area contributed by atoms with E-state index >= 15 is 0 Å². The van der Waals surface area contributed by atoms with E-state index in [1.165, 1.54) is 0 Å². The van der Waals surface area contributed by atoms with Gasteiger partial charge < -0.3 is 10.6 Å². The molecule has 3 aromatic rings. The third-order valence-corrected chi connectivity index (χ3v) is 4.81. The summed E-state index contributed by atoms with van der Waals surface area (Å²) in [6.45, 7) is 6.04. The first-order chi connectivity index (χ1) is 14.3. The number of carbonyl (C=O) groups is 2. The topological polar surface area (TPSA) is 79.3 Å². The molecule has 0 aliphatic rings. The molecule has 7 nitrogen and oxygen atoms in total. The van der Waals surface area contributed by atoms with E-state index in [0.717, 1.165) is 28.2 Å². The predicted octanol–water partition coefficient (Wildman–Crippen LogP) is 3.31. The molecule has 3 rings (SSSR count). The second-order valence-corrected chi connectivity index (χ2v) is 7.43. The smallest absolute Gasteiger partial charge is 0.239 e. The van der Waals surface area contributed by atoms with E-state index in [1.54, 1.807) is 16.6 Å². The number of likely N-dealkylation sites (N-methyl/N-ethyl adjacent to an activating group) is 1. The molecule has 0 saturated carbocycles. The number of nitrogens with one attached hydrogen (secondary N) is 2. The highest BCUT2D eigenvalue weighted by Gasteiger charge is 2.15.